The zero-order valence-corrected chi connectivity index (χ0v) is 35.2. The van der Waals surface area contributed by atoms with E-state index >= 15 is 0 Å². The molecule has 0 spiro atoms. The van der Waals surface area contributed by atoms with Gasteiger partial charge in [0.25, 0.3) is 0 Å². The topological polar surface area (TPSA) is 194 Å². The van der Waals surface area contributed by atoms with Crippen molar-refractivity contribution < 1.29 is 89.8 Å². The van der Waals surface area contributed by atoms with Gasteiger partial charge in [-0.15, -0.1) is 0 Å². The van der Waals surface area contributed by atoms with Crippen molar-refractivity contribution in [3.05, 3.63) is 0 Å². The monoisotopic (exact) mass is 842 g/mol. The third kappa shape index (κ3) is 46.2. The van der Waals surface area contributed by atoms with Crippen molar-refractivity contribution in [2.24, 2.45) is 0 Å². The molecular formula is C36H75O19P. The molecule has 1 N–H and O–H groups in total. The van der Waals surface area contributed by atoms with Crippen LogP contribution in [0.2, 0.25) is 0 Å². The van der Waals surface area contributed by atoms with Gasteiger partial charge in [-0.3, -0.25) is 4.57 Å². The van der Waals surface area contributed by atoms with Crippen molar-refractivity contribution in [3.8, 4) is 0 Å². The Morgan fingerprint density at radius 3 is 0.607 bits per heavy atom. The molecule has 0 aliphatic carbocycles. The van der Waals surface area contributed by atoms with Gasteiger partial charge >= 0.3 is 7.60 Å². The van der Waals surface area contributed by atoms with Crippen molar-refractivity contribution in [2.75, 3.05) is 224 Å². The first-order valence-corrected chi connectivity index (χ1v) is 21.6. The third-order valence-corrected chi connectivity index (χ3v) is 8.64. The van der Waals surface area contributed by atoms with Crippen LogP contribution in [0.4, 0.5) is 0 Å². The highest BCUT2D eigenvalue weighted by atomic mass is 31.2. The number of hydrogen-bond acceptors (Lipinski definition) is 19. The maximum atomic E-state index is 12.3. The molecule has 0 aromatic carbocycles. The van der Waals surface area contributed by atoms with Crippen LogP contribution in [0.15, 0.2) is 0 Å². The van der Waals surface area contributed by atoms with Crippen molar-refractivity contribution in [2.45, 2.75) is 13.8 Å². The predicted octanol–water partition coefficient (Wildman–Crippen LogP) is 1.49. The molecule has 0 saturated carbocycles. The van der Waals surface area contributed by atoms with Crippen LogP contribution in [0.25, 0.3) is 0 Å². The number of hydrogen-bond donors (Lipinski definition) is 1. The Balaban J connectivity index is 3.12. The van der Waals surface area contributed by atoms with E-state index in [0.717, 1.165) is 0 Å². The average molecular weight is 843 g/mol. The Bertz CT molecular complexity index is 766. The van der Waals surface area contributed by atoms with Crippen LogP contribution < -0.4 is 0 Å². The average Bonchev–Trinajstić information content (AvgIpc) is 3.19. The minimum atomic E-state index is -3.06. The molecule has 0 aliphatic heterocycles. The number of ether oxygens (including phenoxy) is 15. The summed E-state index contributed by atoms with van der Waals surface area (Å²) in [6.45, 7) is 18.3. The molecule has 0 heterocycles. The van der Waals surface area contributed by atoms with E-state index < -0.39 is 7.60 Å². The van der Waals surface area contributed by atoms with Gasteiger partial charge in [0.1, 0.15) is 0 Å². The smallest absolute Gasteiger partial charge is 0.332 e. The maximum Gasteiger partial charge on any atom is 0.332 e. The second kappa shape index (κ2) is 48.9. The molecule has 0 aromatic rings. The number of aliphatic hydroxyl groups excluding tert-OH is 1. The maximum absolute atomic E-state index is 12.3. The van der Waals surface area contributed by atoms with Crippen LogP contribution in [0.5, 0.6) is 0 Å². The van der Waals surface area contributed by atoms with Crippen molar-refractivity contribution in [1.29, 1.82) is 0 Å². The van der Waals surface area contributed by atoms with E-state index in [4.69, 9.17) is 85.2 Å². The first kappa shape index (κ1) is 55.5. The van der Waals surface area contributed by atoms with Crippen LogP contribution >= 0.6 is 7.60 Å². The normalized spacial score (nSPS) is 12.0. The fourth-order valence-electron chi connectivity index (χ4n) is 3.98. The van der Waals surface area contributed by atoms with E-state index in [-0.39, 0.29) is 19.4 Å². The van der Waals surface area contributed by atoms with Gasteiger partial charge in [-0.05, 0) is 13.8 Å². The highest BCUT2D eigenvalue weighted by Gasteiger charge is 2.22. The fraction of sp³-hybridized carbons (Fsp3) is 1.00. The van der Waals surface area contributed by atoms with Crippen molar-refractivity contribution in [3.63, 3.8) is 0 Å². The van der Waals surface area contributed by atoms with Gasteiger partial charge in [-0.25, -0.2) is 0 Å². The number of rotatable bonds is 51. The molecule has 0 saturated heterocycles. The molecule has 56 heavy (non-hydrogen) atoms. The minimum absolute atomic E-state index is 0.0198. The lowest BCUT2D eigenvalue weighted by atomic mass is 10.6. The summed E-state index contributed by atoms with van der Waals surface area (Å²) in [7, 11) is -3.06. The zero-order valence-electron chi connectivity index (χ0n) is 34.3. The summed E-state index contributed by atoms with van der Waals surface area (Å²) >= 11 is 0. The lowest BCUT2D eigenvalue weighted by molar-refractivity contribution is -0.0301. The summed E-state index contributed by atoms with van der Waals surface area (Å²) in [5, 5.41) is 8.59. The standard InChI is InChI=1S/C36H75O19P/c1-3-54-56(38,55-4-2)36-35-53-34-33-52-32-31-51-30-29-50-28-27-49-26-25-48-24-23-47-22-21-46-20-19-45-18-17-44-16-15-43-14-13-42-12-11-41-10-9-40-8-7-39-6-5-37/h37H,3-36H2,1-2H3. The van der Waals surface area contributed by atoms with Crippen molar-refractivity contribution >= 4 is 7.60 Å². The predicted molar refractivity (Wildman–Crippen MR) is 205 cm³/mol. The molecule has 338 valence electrons. The van der Waals surface area contributed by atoms with Crippen LogP contribution in [-0.4, -0.2) is 229 Å². The van der Waals surface area contributed by atoms with Crippen LogP contribution in [0.1, 0.15) is 13.8 Å². The summed E-state index contributed by atoms with van der Waals surface area (Å²) in [6.07, 6.45) is 0.225. The summed E-state index contributed by atoms with van der Waals surface area (Å²) in [6, 6.07) is 0. The molecule has 0 unspecified atom stereocenters. The molecule has 0 bridgehead atoms. The van der Waals surface area contributed by atoms with Gasteiger partial charge in [0.05, 0.1) is 224 Å². The summed E-state index contributed by atoms with van der Waals surface area (Å²) in [5.41, 5.74) is 0. The summed E-state index contributed by atoms with van der Waals surface area (Å²) in [4.78, 5) is 0. The molecule has 0 rings (SSSR count). The van der Waals surface area contributed by atoms with Gasteiger partial charge in [-0.1, -0.05) is 0 Å². The molecule has 20 heteroatoms. The van der Waals surface area contributed by atoms with E-state index in [2.05, 4.69) is 0 Å². The highest BCUT2D eigenvalue weighted by Crippen LogP contribution is 2.47. The Kier molecular flexibility index (Phi) is 48.4. The van der Waals surface area contributed by atoms with Gasteiger partial charge in [0.2, 0.25) is 0 Å². The van der Waals surface area contributed by atoms with E-state index in [1.807, 2.05) is 0 Å². The Morgan fingerprint density at radius 2 is 0.446 bits per heavy atom. The molecule has 0 fully saturated rings. The van der Waals surface area contributed by atoms with Gasteiger partial charge in [0.15, 0.2) is 0 Å². The van der Waals surface area contributed by atoms with E-state index in [9.17, 15) is 4.57 Å². The van der Waals surface area contributed by atoms with Crippen LogP contribution in [-0.2, 0) is 84.7 Å². The molecule has 0 aromatic heterocycles. The molecule has 0 aliphatic rings. The first-order chi connectivity index (χ1) is 27.7. The second-order valence-electron chi connectivity index (χ2n) is 11.1. The molecule has 0 atom stereocenters. The van der Waals surface area contributed by atoms with E-state index in [1.54, 1.807) is 13.8 Å². The first-order valence-electron chi connectivity index (χ1n) is 19.8. The largest absolute Gasteiger partial charge is 0.394 e. The highest BCUT2D eigenvalue weighted by molar-refractivity contribution is 7.53. The van der Waals surface area contributed by atoms with Gasteiger partial charge in [0, 0.05) is 0 Å². The fourth-order valence-corrected chi connectivity index (χ4v) is 5.45. The Hall–Kier alpha value is -0.490. The SMILES string of the molecule is CCOP(=O)(CCOCCOCCOCCOCCOCCOCCOCCOCCOCCOCCOCCOCCOCCOCCOCCO)OCC. The van der Waals surface area contributed by atoms with E-state index in [0.29, 0.717) is 205 Å². The lowest BCUT2D eigenvalue weighted by Crippen LogP contribution is -2.16. The van der Waals surface area contributed by atoms with E-state index in [1.165, 1.54) is 0 Å². The van der Waals surface area contributed by atoms with Gasteiger partial charge < -0.3 is 85.2 Å². The summed E-state index contributed by atoms with van der Waals surface area (Å²) in [5.74, 6) is 0. The van der Waals surface area contributed by atoms with Crippen molar-refractivity contribution in [1.82, 2.24) is 0 Å². The van der Waals surface area contributed by atoms with Gasteiger partial charge in [-0.2, -0.15) is 0 Å². The zero-order chi connectivity index (χ0) is 40.6. The number of aliphatic hydroxyl groups is 1. The Labute approximate surface area is 335 Å². The summed E-state index contributed by atoms with van der Waals surface area (Å²) < 4.78 is 104. The molecule has 19 nitrogen and oxygen atoms in total. The Morgan fingerprint density at radius 1 is 0.286 bits per heavy atom. The molecule has 0 radical (unpaired) electrons. The third-order valence-electron chi connectivity index (χ3n) is 6.60. The van der Waals surface area contributed by atoms with Crippen LogP contribution in [0.3, 0.4) is 0 Å². The molecular weight excluding hydrogens is 767 g/mol. The molecule has 0 amide bonds. The van der Waals surface area contributed by atoms with Crippen LogP contribution in [0, 0.1) is 0 Å². The lowest BCUT2D eigenvalue weighted by Gasteiger charge is -2.16. The minimum Gasteiger partial charge on any atom is -0.394 e. The second-order valence-corrected chi connectivity index (χ2v) is 13.3. The quantitative estimate of drug-likeness (QED) is 0.0683.